The molecule has 0 bridgehead atoms. The summed E-state index contributed by atoms with van der Waals surface area (Å²) in [4.78, 5) is 19.8. The van der Waals surface area contributed by atoms with E-state index >= 15 is 0 Å². The van der Waals surface area contributed by atoms with Crippen LogP contribution in [0.15, 0.2) is 33.8 Å². The number of hydrogen-bond acceptors (Lipinski definition) is 5. The van der Waals surface area contributed by atoms with Crippen LogP contribution in [-0.2, 0) is 4.79 Å². The molecule has 0 N–H and O–H groups in total. The molecule has 1 atom stereocenters. The van der Waals surface area contributed by atoms with Gasteiger partial charge in [0.25, 0.3) is 5.91 Å². The third-order valence-electron chi connectivity index (χ3n) is 2.51. The van der Waals surface area contributed by atoms with Crippen LogP contribution in [-0.4, -0.2) is 21.1 Å². The van der Waals surface area contributed by atoms with Crippen molar-refractivity contribution in [3.05, 3.63) is 47.4 Å². The molecule has 0 fully saturated rings. The van der Waals surface area contributed by atoms with Gasteiger partial charge in [-0.3, -0.25) is 4.79 Å². The van der Waals surface area contributed by atoms with Crippen LogP contribution >= 0.6 is 11.8 Å². The Kier molecular flexibility index (Phi) is 2.90. The first-order chi connectivity index (χ1) is 9.13. The van der Waals surface area contributed by atoms with Gasteiger partial charge in [0.05, 0.1) is 0 Å². The average molecular weight is 277 g/mol. The SMILES string of the molecule is Cc1nc(C2SC(c3cccc(F)c3)=NC2=O)no1. The number of rotatable bonds is 2. The maximum absolute atomic E-state index is 13.2. The Hall–Kier alpha value is -2.02. The summed E-state index contributed by atoms with van der Waals surface area (Å²) in [5.41, 5.74) is 0.570. The van der Waals surface area contributed by atoms with Crippen LogP contribution in [0.25, 0.3) is 0 Å². The van der Waals surface area contributed by atoms with Crippen LogP contribution in [0.2, 0.25) is 0 Å². The molecule has 2 aromatic rings. The van der Waals surface area contributed by atoms with Gasteiger partial charge in [-0.1, -0.05) is 29.1 Å². The van der Waals surface area contributed by atoms with Crippen LogP contribution < -0.4 is 0 Å². The smallest absolute Gasteiger partial charge is 0.268 e. The molecule has 1 unspecified atom stereocenters. The van der Waals surface area contributed by atoms with Crippen molar-refractivity contribution in [3.8, 4) is 0 Å². The maximum atomic E-state index is 13.2. The summed E-state index contributed by atoms with van der Waals surface area (Å²) in [6.45, 7) is 1.65. The zero-order valence-corrected chi connectivity index (χ0v) is 10.6. The van der Waals surface area contributed by atoms with Gasteiger partial charge in [0.2, 0.25) is 5.89 Å². The first kappa shape index (κ1) is 12.0. The zero-order valence-electron chi connectivity index (χ0n) is 9.83. The number of aromatic nitrogens is 2. The summed E-state index contributed by atoms with van der Waals surface area (Å²) in [5, 5.41) is 3.57. The Balaban J connectivity index is 1.88. The second-order valence-corrected chi connectivity index (χ2v) is 5.03. The fraction of sp³-hybridized carbons (Fsp3) is 0.167. The highest BCUT2D eigenvalue weighted by atomic mass is 32.2. The molecule has 3 rings (SSSR count). The third kappa shape index (κ3) is 2.28. The molecule has 1 aromatic carbocycles. The highest BCUT2D eigenvalue weighted by Crippen LogP contribution is 2.37. The van der Waals surface area contributed by atoms with Crippen molar-refractivity contribution in [3.63, 3.8) is 0 Å². The lowest BCUT2D eigenvalue weighted by atomic mass is 10.2. The number of hydrogen-bond donors (Lipinski definition) is 0. The van der Waals surface area contributed by atoms with Gasteiger partial charge in [0.15, 0.2) is 11.1 Å². The lowest BCUT2D eigenvalue weighted by Gasteiger charge is -2.01. The molecule has 0 aliphatic carbocycles. The Labute approximate surface area is 111 Å². The first-order valence-corrected chi connectivity index (χ1v) is 6.37. The van der Waals surface area contributed by atoms with Gasteiger partial charge >= 0.3 is 0 Å². The van der Waals surface area contributed by atoms with Crippen molar-refractivity contribution in [1.29, 1.82) is 0 Å². The van der Waals surface area contributed by atoms with E-state index in [-0.39, 0.29) is 11.7 Å². The van der Waals surface area contributed by atoms with Gasteiger partial charge < -0.3 is 4.52 Å². The number of carbonyl (C=O) groups excluding carboxylic acids is 1. The number of carbonyl (C=O) groups is 1. The number of amides is 1. The molecule has 7 heteroatoms. The van der Waals surface area contributed by atoms with E-state index in [1.165, 1.54) is 23.9 Å². The number of benzene rings is 1. The molecule has 1 aromatic heterocycles. The Morgan fingerprint density at radius 3 is 2.95 bits per heavy atom. The standard InChI is InChI=1S/C12H8FN3O2S/c1-6-14-10(16-18-6)9-11(17)15-12(19-9)7-3-2-4-8(13)5-7/h2-5,9H,1H3. The second kappa shape index (κ2) is 4.58. The predicted molar refractivity (Wildman–Crippen MR) is 67.3 cm³/mol. The van der Waals surface area contributed by atoms with E-state index in [2.05, 4.69) is 15.1 Å². The van der Waals surface area contributed by atoms with E-state index in [0.717, 1.165) is 0 Å². The van der Waals surface area contributed by atoms with Crippen molar-refractivity contribution in [2.75, 3.05) is 0 Å². The van der Waals surface area contributed by atoms with Gasteiger partial charge in [0.1, 0.15) is 10.9 Å². The molecule has 96 valence electrons. The first-order valence-electron chi connectivity index (χ1n) is 5.49. The van der Waals surface area contributed by atoms with E-state index in [0.29, 0.717) is 22.3 Å². The molecule has 0 saturated heterocycles. The van der Waals surface area contributed by atoms with Crippen molar-refractivity contribution in [1.82, 2.24) is 10.1 Å². The number of aryl methyl sites for hydroxylation is 1. The third-order valence-corrected chi connectivity index (χ3v) is 3.71. The maximum Gasteiger partial charge on any atom is 0.268 e. The lowest BCUT2D eigenvalue weighted by molar-refractivity contribution is -0.117. The topological polar surface area (TPSA) is 68.3 Å². The molecule has 0 saturated carbocycles. The monoisotopic (exact) mass is 277 g/mol. The van der Waals surface area contributed by atoms with Gasteiger partial charge in [-0.05, 0) is 12.1 Å². The summed E-state index contributed by atoms with van der Waals surface area (Å²) < 4.78 is 18.0. The Morgan fingerprint density at radius 1 is 1.42 bits per heavy atom. The van der Waals surface area contributed by atoms with Crippen molar-refractivity contribution >= 4 is 22.7 Å². The minimum Gasteiger partial charge on any atom is -0.340 e. The van der Waals surface area contributed by atoms with Crippen LogP contribution in [0.4, 0.5) is 4.39 Å². The molecule has 1 amide bonds. The molecule has 5 nitrogen and oxygen atoms in total. The van der Waals surface area contributed by atoms with E-state index in [9.17, 15) is 9.18 Å². The molecule has 19 heavy (non-hydrogen) atoms. The molecular weight excluding hydrogens is 269 g/mol. The van der Waals surface area contributed by atoms with Crippen LogP contribution in [0, 0.1) is 12.7 Å². The molecular formula is C12H8FN3O2S. The van der Waals surface area contributed by atoms with Crippen LogP contribution in [0.3, 0.4) is 0 Å². The fourth-order valence-electron chi connectivity index (χ4n) is 1.69. The zero-order chi connectivity index (χ0) is 13.4. The van der Waals surface area contributed by atoms with E-state index in [4.69, 9.17) is 4.52 Å². The molecule has 1 aliphatic rings. The second-order valence-electron chi connectivity index (χ2n) is 3.94. The lowest BCUT2D eigenvalue weighted by Crippen LogP contribution is -2.03. The largest absolute Gasteiger partial charge is 0.340 e. The molecule has 2 heterocycles. The van der Waals surface area contributed by atoms with Gasteiger partial charge in [-0.25, -0.2) is 9.38 Å². The highest BCUT2D eigenvalue weighted by Gasteiger charge is 2.34. The van der Waals surface area contributed by atoms with Gasteiger partial charge in [-0.2, -0.15) is 4.98 Å². The number of nitrogens with zero attached hydrogens (tertiary/aromatic N) is 3. The highest BCUT2D eigenvalue weighted by molar-refractivity contribution is 8.15. The quantitative estimate of drug-likeness (QED) is 0.842. The van der Waals surface area contributed by atoms with Crippen molar-refractivity contribution in [2.45, 2.75) is 12.2 Å². The summed E-state index contributed by atoms with van der Waals surface area (Å²) in [5.74, 6) is -0.0394. The average Bonchev–Trinajstić information content (AvgIpc) is 2.95. The summed E-state index contributed by atoms with van der Waals surface area (Å²) in [6.07, 6.45) is 0. The predicted octanol–water partition coefficient (Wildman–Crippen LogP) is 2.28. The number of aliphatic imine (C=N–C) groups is 1. The number of thioether (sulfide) groups is 1. The van der Waals surface area contributed by atoms with Gasteiger partial charge in [-0.15, -0.1) is 0 Å². The normalized spacial score (nSPS) is 18.7. The minimum absolute atomic E-state index is 0.294. The van der Waals surface area contributed by atoms with Crippen LogP contribution in [0.5, 0.6) is 0 Å². The molecule has 0 spiro atoms. The van der Waals surface area contributed by atoms with Crippen molar-refractivity contribution < 1.29 is 13.7 Å². The summed E-state index contributed by atoms with van der Waals surface area (Å²) >= 11 is 1.20. The van der Waals surface area contributed by atoms with E-state index < -0.39 is 5.25 Å². The van der Waals surface area contributed by atoms with E-state index in [1.54, 1.807) is 19.1 Å². The summed E-state index contributed by atoms with van der Waals surface area (Å²) in [7, 11) is 0. The van der Waals surface area contributed by atoms with Gasteiger partial charge in [0, 0.05) is 12.5 Å². The molecule has 0 radical (unpaired) electrons. The number of halogens is 1. The Bertz CT molecular complexity index is 683. The fourth-order valence-corrected chi connectivity index (χ4v) is 2.67. The molecule has 1 aliphatic heterocycles. The van der Waals surface area contributed by atoms with E-state index in [1.807, 2.05) is 0 Å². The summed E-state index contributed by atoms with van der Waals surface area (Å²) in [6, 6.07) is 5.95. The minimum atomic E-state index is -0.615. The van der Waals surface area contributed by atoms with Crippen LogP contribution in [0.1, 0.15) is 22.5 Å². The van der Waals surface area contributed by atoms with Crippen molar-refractivity contribution in [2.24, 2.45) is 4.99 Å². The Morgan fingerprint density at radius 2 is 2.26 bits per heavy atom.